The first kappa shape index (κ1) is 10.2. The maximum absolute atomic E-state index is 11.6. The normalized spacial score (nSPS) is 10.7. The molecule has 1 heterocycles. The maximum Gasteiger partial charge on any atom is 0.198 e. The van der Waals surface area contributed by atoms with E-state index in [9.17, 15) is 4.79 Å². The lowest BCUT2D eigenvalue weighted by atomic mass is 10.2. The summed E-state index contributed by atoms with van der Waals surface area (Å²) in [7, 11) is 0. The van der Waals surface area contributed by atoms with Crippen LogP contribution in [0.3, 0.4) is 0 Å². The predicted octanol–water partition coefficient (Wildman–Crippen LogP) is 3.63. The first-order valence-electron chi connectivity index (χ1n) is 4.89. The fraction of sp³-hybridized carbons (Fsp3) is 0.250. The van der Waals surface area contributed by atoms with Crippen LogP contribution < -0.4 is 0 Å². The molecule has 0 saturated heterocycles. The monoisotopic (exact) mass is 222 g/mol. The van der Waals surface area contributed by atoms with Gasteiger partial charge in [-0.1, -0.05) is 18.2 Å². The molecule has 2 nitrogen and oxygen atoms in total. The van der Waals surface area contributed by atoms with Crippen molar-refractivity contribution < 1.29 is 9.21 Å². The predicted molar refractivity (Wildman–Crippen MR) is 60.5 cm³/mol. The van der Waals surface area contributed by atoms with Gasteiger partial charge in [-0.2, -0.15) is 0 Å². The molecule has 0 N–H and O–H groups in total. The number of ketones is 1. The molecule has 78 valence electrons. The van der Waals surface area contributed by atoms with Crippen LogP contribution in [-0.4, -0.2) is 11.7 Å². The standard InChI is InChI=1S/C12H11ClO2/c13-7-3-5-10(14)12-8-9-4-1-2-6-11(9)15-12/h1-2,4,6,8H,3,5,7H2. The summed E-state index contributed by atoms with van der Waals surface area (Å²) < 4.78 is 5.43. The van der Waals surface area contributed by atoms with Gasteiger partial charge in [0.05, 0.1) is 0 Å². The van der Waals surface area contributed by atoms with E-state index in [0.29, 0.717) is 24.5 Å². The minimum atomic E-state index is 0.0202. The van der Waals surface area contributed by atoms with Crippen molar-refractivity contribution >= 4 is 28.4 Å². The van der Waals surface area contributed by atoms with Gasteiger partial charge in [-0.05, 0) is 18.6 Å². The summed E-state index contributed by atoms with van der Waals surface area (Å²) in [5, 5.41) is 0.965. The summed E-state index contributed by atoms with van der Waals surface area (Å²) in [5.74, 6) is 0.958. The van der Waals surface area contributed by atoms with Crippen LogP contribution in [0.5, 0.6) is 0 Å². The summed E-state index contributed by atoms with van der Waals surface area (Å²) in [4.78, 5) is 11.6. The number of hydrogen-bond donors (Lipinski definition) is 0. The van der Waals surface area contributed by atoms with Crippen LogP contribution in [0.4, 0.5) is 0 Å². The third-order valence-electron chi connectivity index (χ3n) is 2.24. The van der Waals surface area contributed by atoms with E-state index in [2.05, 4.69) is 0 Å². The summed E-state index contributed by atoms with van der Waals surface area (Å²) in [6.07, 6.45) is 1.14. The van der Waals surface area contributed by atoms with Crippen molar-refractivity contribution in [3.05, 3.63) is 36.1 Å². The van der Waals surface area contributed by atoms with E-state index in [1.807, 2.05) is 24.3 Å². The van der Waals surface area contributed by atoms with E-state index < -0.39 is 0 Å². The van der Waals surface area contributed by atoms with Crippen LogP contribution in [0.25, 0.3) is 11.0 Å². The molecule has 0 unspecified atom stereocenters. The summed E-state index contributed by atoms with van der Waals surface area (Å²) in [6.45, 7) is 0. The number of Topliss-reactive ketones (excluding diaryl/α,β-unsaturated/α-hetero) is 1. The first-order chi connectivity index (χ1) is 7.31. The number of carbonyl (C=O) groups is 1. The second-order valence-corrected chi connectivity index (χ2v) is 3.74. The molecular formula is C12H11ClO2. The highest BCUT2D eigenvalue weighted by Gasteiger charge is 2.10. The summed E-state index contributed by atoms with van der Waals surface area (Å²) >= 11 is 5.53. The molecule has 15 heavy (non-hydrogen) atoms. The zero-order chi connectivity index (χ0) is 10.7. The number of furan rings is 1. The quantitative estimate of drug-likeness (QED) is 0.584. The average molecular weight is 223 g/mol. The fourth-order valence-corrected chi connectivity index (χ4v) is 1.60. The Kier molecular flexibility index (Phi) is 3.07. The van der Waals surface area contributed by atoms with Gasteiger partial charge in [0, 0.05) is 17.7 Å². The van der Waals surface area contributed by atoms with Crippen molar-refractivity contribution in [2.75, 3.05) is 5.88 Å². The molecule has 0 aliphatic rings. The third kappa shape index (κ3) is 2.21. The van der Waals surface area contributed by atoms with E-state index in [1.54, 1.807) is 6.07 Å². The number of fused-ring (bicyclic) bond motifs is 1. The van der Waals surface area contributed by atoms with Gasteiger partial charge in [-0.3, -0.25) is 4.79 Å². The Hall–Kier alpha value is -1.28. The van der Waals surface area contributed by atoms with E-state index in [4.69, 9.17) is 16.0 Å². The van der Waals surface area contributed by atoms with Crippen LogP contribution in [0.15, 0.2) is 34.7 Å². The number of para-hydroxylation sites is 1. The van der Waals surface area contributed by atoms with Crippen LogP contribution in [0.1, 0.15) is 23.4 Å². The highest BCUT2D eigenvalue weighted by Crippen LogP contribution is 2.20. The molecule has 0 amide bonds. The molecule has 0 bridgehead atoms. The Bertz CT molecular complexity index is 440. The lowest BCUT2D eigenvalue weighted by molar-refractivity contribution is 0.0957. The highest BCUT2D eigenvalue weighted by molar-refractivity contribution is 6.18. The van der Waals surface area contributed by atoms with Gasteiger partial charge in [0.25, 0.3) is 0 Å². The van der Waals surface area contributed by atoms with Gasteiger partial charge in [0.2, 0.25) is 0 Å². The lowest BCUT2D eigenvalue weighted by Gasteiger charge is -1.92. The number of benzene rings is 1. The molecule has 0 aliphatic carbocycles. The lowest BCUT2D eigenvalue weighted by Crippen LogP contribution is -1.96. The molecule has 2 rings (SSSR count). The fourth-order valence-electron chi connectivity index (χ4n) is 1.47. The molecule has 0 spiro atoms. The first-order valence-corrected chi connectivity index (χ1v) is 5.42. The zero-order valence-corrected chi connectivity index (χ0v) is 8.96. The van der Waals surface area contributed by atoms with E-state index >= 15 is 0 Å². The van der Waals surface area contributed by atoms with E-state index in [-0.39, 0.29) is 5.78 Å². The van der Waals surface area contributed by atoms with Crippen LogP contribution in [0.2, 0.25) is 0 Å². The van der Waals surface area contributed by atoms with Crippen molar-refractivity contribution in [1.29, 1.82) is 0 Å². The number of hydrogen-bond acceptors (Lipinski definition) is 2. The van der Waals surface area contributed by atoms with Gasteiger partial charge in [-0.15, -0.1) is 11.6 Å². The Morgan fingerprint density at radius 2 is 2.13 bits per heavy atom. The smallest absolute Gasteiger partial charge is 0.198 e. The Morgan fingerprint density at radius 3 is 2.87 bits per heavy atom. The molecule has 0 aliphatic heterocycles. The zero-order valence-electron chi connectivity index (χ0n) is 8.20. The number of halogens is 1. The second kappa shape index (κ2) is 4.49. The Morgan fingerprint density at radius 1 is 1.33 bits per heavy atom. The molecule has 2 aromatic rings. The van der Waals surface area contributed by atoms with E-state index in [0.717, 1.165) is 11.0 Å². The van der Waals surface area contributed by atoms with Gasteiger partial charge in [-0.25, -0.2) is 0 Å². The number of rotatable bonds is 4. The molecule has 0 saturated carbocycles. The van der Waals surface area contributed by atoms with E-state index in [1.165, 1.54) is 0 Å². The highest BCUT2D eigenvalue weighted by atomic mass is 35.5. The van der Waals surface area contributed by atoms with Crippen molar-refractivity contribution in [2.24, 2.45) is 0 Å². The van der Waals surface area contributed by atoms with Crippen LogP contribution in [0, 0.1) is 0 Å². The SMILES string of the molecule is O=C(CCCCl)c1cc2ccccc2o1. The van der Waals surface area contributed by atoms with Gasteiger partial charge in [0.15, 0.2) is 11.5 Å². The van der Waals surface area contributed by atoms with Crippen LogP contribution >= 0.6 is 11.6 Å². The summed E-state index contributed by atoms with van der Waals surface area (Å²) in [6, 6.07) is 9.38. The van der Waals surface area contributed by atoms with Gasteiger partial charge in [0.1, 0.15) is 5.58 Å². The number of carbonyl (C=O) groups excluding carboxylic acids is 1. The average Bonchev–Trinajstić information content (AvgIpc) is 2.69. The maximum atomic E-state index is 11.6. The Labute approximate surface area is 92.8 Å². The van der Waals surface area contributed by atoms with Gasteiger partial charge < -0.3 is 4.42 Å². The third-order valence-corrected chi connectivity index (χ3v) is 2.51. The minimum Gasteiger partial charge on any atom is -0.453 e. The van der Waals surface area contributed by atoms with Crippen LogP contribution in [-0.2, 0) is 0 Å². The second-order valence-electron chi connectivity index (χ2n) is 3.36. The van der Waals surface area contributed by atoms with Crippen molar-refractivity contribution in [1.82, 2.24) is 0 Å². The molecule has 1 aromatic heterocycles. The Balaban J connectivity index is 2.25. The topological polar surface area (TPSA) is 30.2 Å². The largest absolute Gasteiger partial charge is 0.453 e. The van der Waals surface area contributed by atoms with Crippen molar-refractivity contribution in [3.63, 3.8) is 0 Å². The molecule has 3 heteroatoms. The minimum absolute atomic E-state index is 0.0202. The number of alkyl halides is 1. The molecule has 0 radical (unpaired) electrons. The van der Waals surface area contributed by atoms with Gasteiger partial charge >= 0.3 is 0 Å². The van der Waals surface area contributed by atoms with Crippen molar-refractivity contribution in [2.45, 2.75) is 12.8 Å². The summed E-state index contributed by atoms with van der Waals surface area (Å²) in [5.41, 5.74) is 0.756. The molecule has 0 atom stereocenters. The molecular weight excluding hydrogens is 212 g/mol. The van der Waals surface area contributed by atoms with Crippen molar-refractivity contribution in [3.8, 4) is 0 Å². The molecule has 1 aromatic carbocycles. The molecule has 0 fully saturated rings.